The first kappa shape index (κ1) is 55.5. The maximum Gasteiger partial charge on any atom is 0.337 e. The van der Waals surface area contributed by atoms with Gasteiger partial charge in [-0.05, 0) is 49.2 Å². The number of aromatic hydroxyl groups is 1. The summed E-state index contributed by atoms with van der Waals surface area (Å²) in [5, 5.41) is 91.0. The number of carbonyl (C=O) groups is 4. The number of rotatable bonds is 19. The maximum atomic E-state index is 13.7. The zero-order valence-corrected chi connectivity index (χ0v) is 39.4. The van der Waals surface area contributed by atoms with E-state index in [0.717, 1.165) is 25.2 Å². The zero-order chi connectivity index (χ0) is 52.2. The Labute approximate surface area is 412 Å². The number of ether oxygens (including phenoxy) is 10. The van der Waals surface area contributed by atoms with Gasteiger partial charge in [0.05, 0.1) is 70.0 Å². The lowest BCUT2D eigenvalue weighted by atomic mass is 9.86. The first-order chi connectivity index (χ1) is 34.5. The molecular formula is C49H60O23. The van der Waals surface area contributed by atoms with Crippen LogP contribution in [0.15, 0.2) is 95.5 Å². The fourth-order valence-corrected chi connectivity index (χ4v) is 8.31. The number of benzene rings is 2. The third-order valence-electron chi connectivity index (χ3n) is 12.4. The van der Waals surface area contributed by atoms with E-state index in [9.17, 15) is 65.1 Å². The van der Waals surface area contributed by atoms with Crippen molar-refractivity contribution in [2.75, 3.05) is 33.5 Å². The van der Waals surface area contributed by atoms with Crippen molar-refractivity contribution in [1.29, 1.82) is 0 Å². The van der Waals surface area contributed by atoms with Crippen LogP contribution < -0.4 is 4.74 Å². The average molecular weight is 1020 g/mol. The molecule has 14 atom stereocenters. The molecule has 0 saturated carbocycles. The van der Waals surface area contributed by atoms with Crippen LogP contribution in [0.2, 0.25) is 0 Å². The van der Waals surface area contributed by atoms with Gasteiger partial charge in [0.1, 0.15) is 60.3 Å². The van der Waals surface area contributed by atoms with Gasteiger partial charge in [-0.3, -0.25) is 9.59 Å². The van der Waals surface area contributed by atoms with Gasteiger partial charge in [0, 0.05) is 35.8 Å². The number of phenols is 1. The van der Waals surface area contributed by atoms with Gasteiger partial charge in [0.2, 0.25) is 12.6 Å². The summed E-state index contributed by atoms with van der Waals surface area (Å²) in [5.41, 5.74) is 1.74. The summed E-state index contributed by atoms with van der Waals surface area (Å²) in [6.07, 6.45) is -14.1. The molecule has 0 aromatic heterocycles. The van der Waals surface area contributed by atoms with E-state index < -0.39 is 136 Å². The van der Waals surface area contributed by atoms with Crippen molar-refractivity contribution >= 4 is 23.9 Å². The third-order valence-corrected chi connectivity index (χ3v) is 12.4. The van der Waals surface area contributed by atoms with Crippen LogP contribution in [0.5, 0.6) is 11.5 Å². The van der Waals surface area contributed by atoms with Crippen LogP contribution >= 0.6 is 0 Å². The molecule has 4 aliphatic heterocycles. The molecule has 0 aliphatic carbocycles. The van der Waals surface area contributed by atoms with E-state index in [-0.39, 0.29) is 53.4 Å². The van der Waals surface area contributed by atoms with Gasteiger partial charge in [0.25, 0.3) is 0 Å². The van der Waals surface area contributed by atoms with Gasteiger partial charge >= 0.3 is 23.9 Å². The predicted molar refractivity (Wildman–Crippen MR) is 241 cm³/mol. The molecule has 394 valence electrons. The number of esters is 4. The minimum atomic E-state index is -1.78. The fraction of sp³-hybridized carbons (Fsp3) is 0.510. The number of methoxy groups -OCH3 is 1. The van der Waals surface area contributed by atoms with Gasteiger partial charge < -0.3 is 93.3 Å². The predicted octanol–water partition coefficient (Wildman–Crippen LogP) is -0.639. The Morgan fingerprint density at radius 2 is 1.03 bits per heavy atom. The standard InChI is InChI=1S/C49H60O23/c1-4-28-30(18-36(53)64-16-14-24-6-10-26(52)11-7-24)33(23-67-46(28)71-48-42(59)40(57)38(55)34(20-50)69-48)45(62)65-17-15-25-8-12-27(13-9-25)68-37(54)19-31-29(5-2)47(66-22-32(31)44(61)63-3)72-49-43(60)41(58)39(56)35(21-51)70-49/h4-13,22-23,30-31,34-35,38-43,46-52,55-60H,14-21H2,1-3H3/b28-4+,29-5+/t30-,31-,34+,35+,38+,39+,40-,41-,42+,43+,46-,47-,48-,49-/m0/s1. The van der Waals surface area contributed by atoms with Gasteiger partial charge in [-0.25, -0.2) is 9.59 Å². The maximum absolute atomic E-state index is 13.7. The van der Waals surface area contributed by atoms with Crippen LogP contribution in [0.1, 0.15) is 37.8 Å². The summed E-state index contributed by atoms with van der Waals surface area (Å²) in [5.74, 6) is -5.05. The molecule has 2 aromatic rings. The minimum Gasteiger partial charge on any atom is -0.508 e. The van der Waals surface area contributed by atoms with Crippen LogP contribution in [0.4, 0.5) is 0 Å². The Morgan fingerprint density at radius 3 is 1.49 bits per heavy atom. The van der Waals surface area contributed by atoms with Crippen LogP contribution in [-0.4, -0.2) is 177 Å². The number of aliphatic hydroxyl groups excluding tert-OH is 8. The van der Waals surface area contributed by atoms with E-state index in [1.54, 1.807) is 38.1 Å². The molecule has 23 nitrogen and oxygen atoms in total. The van der Waals surface area contributed by atoms with E-state index >= 15 is 0 Å². The highest BCUT2D eigenvalue weighted by Crippen LogP contribution is 2.38. The third kappa shape index (κ3) is 13.4. The average Bonchev–Trinajstić information content (AvgIpc) is 3.37. The molecule has 9 N–H and O–H groups in total. The summed E-state index contributed by atoms with van der Waals surface area (Å²) in [6, 6.07) is 12.6. The second-order valence-electron chi connectivity index (χ2n) is 17.0. The Kier molecular flexibility index (Phi) is 19.8. The molecule has 0 unspecified atom stereocenters. The first-order valence-electron chi connectivity index (χ1n) is 23.0. The SMILES string of the molecule is C/C=C1/[C@H](O[C@@H]2O[C@H](CO)[C@@H](O)[C@H](O)[C@H]2O)OC=C(C(=O)OC)[C@H]1CC(=O)Oc1ccc(CCOC(=O)C2=CO[C@@H](O[C@@H]3O[C@H](CO)[C@@H](O)[C@H](O)[C@H]3O)/C(=C/C)[C@@H]2CC(=O)OCCc2ccc(O)cc2)cc1. The molecule has 0 bridgehead atoms. The molecule has 2 saturated heterocycles. The number of phenolic OH excluding ortho intramolecular Hbond substituents is 1. The number of carbonyl (C=O) groups excluding carboxylic acids is 4. The Bertz CT molecular complexity index is 2290. The van der Waals surface area contributed by atoms with E-state index in [2.05, 4.69) is 0 Å². The molecule has 2 fully saturated rings. The second-order valence-corrected chi connectivity index (χ2v) is 17.0. The molecule has 72 heavy (non-hydrogen) atoms. The van der Waals surface area contributed by atoms with Gasteiger partial charge in [-0.1, -0.05) is 36.4 Å². The molecule has 23 heteroatoms. The minimum absolute atomic E-state index is 0.0297. The summed E-state index contributed by atoms with van der Waals surface area (Å²) < 4.78 is 55.6. The van der Waals surface area contributed by atoms with Gasteiger partial charge in [0.15, 0.2) is 12.6 Å². The smallest absolute Gasteiger partial charge is 0.337 e. The van der Waals surface area contributed by atoms with Crippen molar-refractivity contribution in [2.45, 2.75) is 114 Å². The number of allylic oxidation sites excluding steroid dienone is 2. The number of hydrogen-bond acceptors (Lipinski definition) is 23. The molecule has 6 rings (SSSR count). The van der Waals surface area contributed by atoms with E-state index in [1.165, 1.54) is 36.4 Å². The highest BCUT2D eigenvalue weighted by molar-refractivity contribution is 5.91. The van der Waals surface area contributed by atoms with E-state index in [0.29, 0.717) is 12.0 Å². The number of aliphatic hydroxyl groups is 8. The largest absolute Gasteiger partial charge is 0.508 e. The number of hydrogen-bond donors (Lipinski definition) is 9. The fourth-order valence-electron chi connectivity index (χ4n) is 8.31. The van der Waals surface area contributed by atoms with Crippen molar-refractivity contribution in [3.63, 3.8) is 0 Å². The van der Waals surface area contributed by atoms with Crippen LogP contribution in [0, 0.1) is 11.8 Å². The van der Waals surface area contributed by atoms with Crippen molar-refractivity contribution < 1.29 is 113 Å². The highest BCUT2D eigenvalue weighted by atomic mass is 16.8. The lowest BCUT2D eigenvalue weighted by Gasteiger charge is -2.42. The summed E-state index contributed by atoms with van der Waals surface area (Å²) in [6.45, 7) is 1.55. The molecule has 2 aromatic carbocycles. The lowest BCUT2D eigenvalue weighted by Crippen LogP contribution is -2.60. The van der Waals surface area contributed by atoms with Crippen LogP contribution in [0.3, 0.4) is 0 Å². The highest BCUT2D eigenvalue weighted by Gasteiger charge is 2.49. The van der Waals surface area contributed by atoms with Gasteiger partial charge in [-0.2, -0.15) is 0 Å². The Balaban J connectivity index is 1.07. The quantitative estimate of drug-likeness (QED) is 0.0366. The Hall–Kier alpha value is -5.80. The first-order valence-corrected chi connectivity index (χ1v) is 23.0. The summed E-state index contributed by atoms with van der Waals surface area (Å²) in [4.78, 5) is 53.2. The van der Waals surface area contributed by atoms with E-state index in [1.807, 2.05) is 0 Å². The monoisotopic (exact) mass is 1020 g/mol. The van der Waals surface area contributed by atoms with Crippen molar-refractivity contribution in [3.05, 3.63) is 107 Å². The molecule has 0 radical (unpaired) electrons. The van der Waals surface area contributed by atoms with E-state index in [4.69, 9.17) is 47.4 Å². The van der Waals surface area contributed by atoms with Crippen LogP contribution in [-0.2, 0) is 74.7 Å². The summed E-state index contributed by atoms with van der Waals surface area (Å²) in [7, 11) is 1.14. The van der Waals surface area contributed by atoms with Crippen LogP contribution in [0.25, 0.3) is 0 Å². The lowest BCUT2D eigenvalue weighted by molar-refractivity contribution is -0.327. The molecule has 0 spiro atoms. The van der Waals surface area contributed by atoms with Crippen molar-refractivity contribution in [2.24, 2.45) is 11.8 Å². The molecular weight excluding hydrogens is 957 g/mol. The Morgan fingerprint density at radius 1 is 0.583 bits per heavy atom. The molecule has 4 heterocycles. The zero-order valence-electron chi connectivity index (χ0n) is 39.4. The second kappa shape index (κ2) is 25.7. The topological polar surface area (TPSA) is 343 Å². The van der Waals surface area contributed by atoms with Gasteiger partial charge in [-0.15, -0.1) is 0 Å². The van der Waals surface area contributed by atoms with Crippen molar-refractivity contribution in [1.82, 2.24) is 0 Å². The summed E-state index contributed by atoms with van der Waals surface area (Å²) >= 11 is 0. The molecule has 0 amide bonds. The van der Waals surface area contributed by atoms with Crippen molar-refractivity contribution in [3.8, 4) is 11.5 Å². The normalized spacial score (nSPS) is 31.6. The molecule has 4 aliphatic rings.